The van der Waals surface area contributed by atoms with Gasteiger partial charge in [-0.2, -0.15) is 15.6 Å². The van der Waals surface area contributed by atoms with Gasteiger partial charge in [-0.25, -0.2) is 0 Å². The Kier molecular flexibility index (Phi) is 5.17. The van der Waals surface area contributed by atoms with Crippen molar-refractivity contribution in [2.75, 3.05) is 0 Å². The van der Waals surface area contributed by atoms with Crippen molar-refractivity contribution >= 4 is 0 Å². The number of fused-ring (bicyclic) bond motifs is 5. The van der Waals surface area contributed by atoms with E-state index in [0.717, 1.165) is 42.9 Å². The maximum Gasteiger partial charge on any atom is 0.102 e. The summed E-state index contributed by atoms with van der Waals surface area (Å²) in [6.07, 6.45) is 14.1. The number of aromatic nitrogens is 2. The van der Waals surface area contributed by atoms with E-state index in [1.165, 1.54) is 38.5 Å². The van der Waals surface area contributed by atoms with E-state index in [0.29, 0.717) is 23.9 Å². The molecule has 1 heterocycles. The fourth-order valence-electron chi connectivity index (χ4n) is 8.76. The smallest absolute Gasteiger partial charge is 0.102 e. The first-order chi connectivity index (χ1) is 14.8. The number of nitriles is 2. The molecule has 4 saturated carbocycles. The quantitative estimate of drug-likeness (QED) is 0.752. The largest absolute Gasteiger partial charge is 0.390 e. The first-order valence-corrected chi connectivity index (χ1v) is 12.4. The van der Waals surface area contributed by atoms with Crippen LogP contribution in [0.25, 0.3) is 0 Å². The van der Waals surface area contributed by atoms with Crippen LogP contribution < -0.4 is 0 Å². The molecule has 31 heavy (non-hydrogen) atoms. The molecule has 0 radical (unpaired) electrons. The highest BCUT2D eigenvalue weighted by molar-refractivity contribution is 5.21. The Morgan fingerprint density at radius 1 is 1.10 bits per heavy atom. The molecule has 0 unspecified atom stereocenters. The third-order valence-corrected chi connectivity index (χ3v) is 10.1. The second-order valence-electron chi connectivity index (χ2n) is 11.7. The Bertz CT molecular complexity index is 907. The minimum absolute atomic E-state index is 0.0425. The Hall–Kier alpha value is -1.85. The average Bonchev–Trinajstić information content (AvgIpc) is 3.34. The molecule has 4 aliphatic rings. The second-order valence-corrected chi connectivity index (χ2v) is 11.7. The standard InChI is InChI=1S/C26H36N4O/c1-25(31)9-7-20-18(11-25)3-4-22-21(20)8-10-26(2)23(5-6-24(22)26)19(13-28)16-30-15-17(12-27)14-29-30/h14-15,18-24,31H,3-11,16H2,1-2H3/t18-,19+,20+,21-,22-,23-,24+,25-,26-/m1/s1. The van der Waals surface area contributed by atoms with Crippen LogP contribution in [-0.2, 0) is 6.54 Å². The van der Waals surface area contributed by atoms with Crippen LogP contribution in [0.5, 0.6) is 0 Å². The zero-order valence-corrected chi connectivity index (χ0v) is 19.0. The van der Waals surface area contributed by atoms with Crippen LogP contribution >= 0.6 is 0 Å². The van der Waals surface area contributed by atoms with E-state index >= 15 is 0 Å². The lowest BCUT2D eigenvalue weighted by Crippen LogP contribution is -2.51. The average molecular weight is 421 g/mol. The van der Waals surface area contributed by atoms with Gasteiger partial charge in [-0.05, 0) is 106 Å². The number of rotatable bonds is 3. The Morgan fingerprint density at radius 2 is 1.90 bits per heavy atom. The van der Waals surface area contributed by atoms with Gasteiger partial charge in [0.25, 0.3) is 0 Å². The lowest BCUT2D eigenvalue weighted by Gasteiger charge is -2.57. The van der Waals surface area contributed by atoms with Crippen molar-refractivity contribution in [3.05, 3.63) is 18.0 Å². The molecule has 0 aromatic carbocycles. The molecule has 0 amide bonds. The van der Waals surface area contributed by atoms with Gasteiger partial charge in [0.05, 0.1) is 35.9 Å². The maximum absolute atomic E-state index is 10.6. The van der Waals surface area contributed by atoms with Gasteiger partial charge in [-0.1, -0.05) is 6.92 Å². The summed E-state index contributed by atoms with van der Waals surface area (Å²) in [5.41, 5.74) is 0.365. The molecule has 0 bridgehead atoms. The zero-order chi connectivity index (χ0) is 21.8. The lowest BCUT2D eigenvalue weighted by atomic mass is 9.48. The molecule has 1 aromatic rings. The number of aliphatic hydroxyl groups is 1. The molecule has 4 fully saturated rings. The number of nitrogens with zero attached hydrogens (tertiary/aromatic N) is 4. The van der Waals surface area contributed by atoms with Gasteiger partial charge >= 0.3 is 0 Å². The van der Waals surface area contributed by atoms with E-state index in [1.54, 1.807) is 17.1 Å². The molecule has 9 atom stereocenters. The van der Waals surface area contributed by atoms with Crippen molar-refractivity contribution in [2.45, 2.75) is 83.8 Å². The van der Waals surface area contributed by atoms with Crippen molar-refractivity contribution in [2.24, 2.45) is 46.8 Å². The van der Waals surface area contributed by atoms with Crippen LogP contribution in [0, 0.1) is 69.5 Å². The van der Waals surface area contributed by atoms with Crippen molar-refractivity contribution in [3.8, 4) is 12.1 Å². The van der Waals surface area contributed by atoms with E-state index in [9.17, 15) is 10.4 Å². The van der Waals surface area contributed by atoms with Gasteiger partial charge < -0.3 is 5.11 Å². The fourth-order valence-corrected chi connectivity index (χ4v) is 8.76. The molecule has 0 aliphatic heterocycles. The molecule has 5 rings (SSSR count). The van der Waals surface area contributed by atoms with Crippen LogP contribution in [0.15, 0.2) is 12.4 Å². The van der Waals surface area contributed by atoms with Crippen LogP contribution in [0.2, 0.25) is 0 Å². The normalized spacial score (nSPS) is 44.9. The van der Waals surface area contributed by atoms with Gasteiger partial charge in [0.2, 0.25) is 0 Å². The highest BCUT2D eigenvalue weighted by Crippen LogP contribution is 2.65. The predicted molar refractivity (Wildman–Crippen MR) is 117 cm³/mol. The molecular weight excluding hydrogens is 384 g/mol. The highest BCUT2D eigenvalue weighted by Gasteiger charge is 2.58. The summed E-state index contributed by atoms with van der Waals surface area (Å²) in [6.45, 7) is 5.12. The first kappa shape index (κ1) is 21.0. The third-order valence-electron chi connectivity index (χ3n) is 10.1. The molecule has 1 N–H and O–H groups in total. The summed E-state index contributed by atoms with van der Waals surface area (Å²) in [4.78, 5) is 0. The summed E-state index contributed by atoms with van der Waals surface area (Å²) in [5.74, 6) is 4.28. The maximum atomic E-state index is 10.6. The predicted octanol–water partition coefficient (Wildman–Crippen LogP) is 4.91. The number of hydrogen-bond acceptors (Lipinski definition) is 4. The summed E-state index contributed by atoms with van der Waals surface area (Å²) in [6, 6.07) is 4.77. The molecule has 0 saturated heterocycles. The van der Waals surface area contributed by atoms with Gasteiger partial charge in [0, 0.05) is 6.20 Å². The molecular formula is C26H36N4O. The minimum atomic E-state index is -0.451. The van der Waals surface area contributed by atoms with Crippen LogP contribution in [0.4, 0.5) is 0 Å². The van der Waals surface area contributed by atoms with Gasteiger partial charge in [0.1, 0.15) is 6.07 Å². The van der Waals surface area contributed by atoms with E-state index in [-0.39, 0.29) is 11.3 Å². The SMILES string of the molecule is C[C@@]1(O)CC[C@H]2[C@H](CC[C@@H]3[C@@H]2CC[C@]2(C)[C@@H]([C@@H](C#N)Cn4cc(C#N)cn4)CC[C@@H]32)C1. The highest BCUT2D eigenvalue weighted by atomic mass is 16.3. The fraction of sp³-hybridized carbons (Fsp3) is 0.808. The molecule has 1 aromatic heterocycles. The molecule has 4 aliphatic carbocycles. The van der Waals surface area contributed by atoms with Crippen molar-refractivity contribution in [1.82, 2.24) is 9.78 Å². The second kappa shape index (κ2) is 7.63. The number of hydrogen-bond donors (Lipinski definition) is 1. The van der Waals surface area contributed by atoms with Crippen LogP contribution in [0.3, 0.4) is 0 Å². The van der Waals surface area contributed by atoms with Crippen LogP contribution in [-0.4, -0.2) is 20.5 Å². The lowest BCUT2D eigenvalue weighted by molar-refractivity contribution is -0.102. The zero-order valence-electron chi connectivity index (χ0n) is 19.0. The van der Waals surface area contributed by atoms with E-state index in [2.05, 4.69) is 24.2 Å². The summed E-state index contributed by atoms with van der Waals surface area (Å²) < 4.78 is 1.80. The first-order valence-electron chi connectivity index (χ1n) is 12.4. The molecule has 5 nitrogen and oxygen atoms in total. The van der Waals surface area contributed by atoms with Gasteiger partial charge in [0.15, 0.2) is 0 Å². The Morgan fingerprint density at radius 3 is 2.65 bits per heavy atom. The van der Waals surface area contributed by atoms with Gasteiger partial charge in [-0.3, -0.25) is 4.68 Å². The Balaban J connectivity index is 1.33. The molecule has 0 spiro atoms. The summed E-state index contributed by atoms with van der Waals surface area (Å²) >= 11 is 0. The topological polar surface area (TPSA) is 85.6 Å². The van der Waals surface area contributed by atoms with E-state index in [4.69, 9.17) is 5.26 Å². The van der Waals surface area contributed by atoms with Crippen molar-refractivity contribution in [3.63, 3.8) is 0 Å². The van der Waals surface area contributed by atoms with Crippen molar-refractivity contribution < 1.29 is 5.11 Å². The van der Waals surface area contributed by atoms with Gasteiger partial charge in [-0.15, -0.1) is 0 Å². The summed E-state index contributed by atoms with van der Waals surface area (Å²) in [7, 11) is 0. The monoisotopic (exact) mass is 420 g/mol. The minimum Gasteiger partial charge on any atom is -0.390 e. The van der Waals surface area contributed by atoms with E-state index < -0.39 is 5.60 Å². The summed E-state index contributed by atoms with van der Waals surface area (Å²) in [5, 5.41) is 34.1. The van der Waals surface area contributed by atoms with Crippen LogP contribution in [0.1, 0.15) is 77.2 Å². The Labute approximate surface area is 186 Å². The van der Waals surface area contributed by atoms with Crippen molar-refractivity contribution in [1.29, 1.82) is 10.5 Å². The molecule has 5 heteroatoms. The van der Waals surface area contributed by atoms with E-state index in [1.807, 2.05) is 6.92 Å². The third kappa shape index (κ3) is 3.50. The molecule has 166 valence electrons.